The number of nitrogens with zero attached hydrogens (tertiary/aromatic N) is 3. The Bertz CT molecular complexity index is 325. The second-order valence-electron chi connectivity index (χ2n) is 3.67. The topological polar surface area (TPSA) is 68.0 Å². The van der Waals surface area contributed by atoms with Crippen LogP contribution in [-0.4, -0.2) is 31.6 Å². The highest BCUT2D eigenvalue weighted by molar-refractivity contribution is 7.99. The fourth-order valence-corrected chi connectivity index (χ4v) is 1.69. The third-order valence-electron chi connectivity index (χ3n) is 1.85. The molecule has 0 unspecified atom stereocenters. The molecule has 15 heavy (non-hydrogen) atoms. The second-order valence-corrected chi connectivity index (χ2v) is 4.61. The number of carboxylic acids is 1. The van der Waals surface area contributed by atoms with Crippen LogP contribution in [0.4, 0.5) is 0 Å². The largest absolute Gasteiger partial charge is 0.481 e. The minimum absolute atomic E-state index is 0.0281. The van der Waals surface area contributed by atoms with Gasteiger partial charge in [0.15, 0.2) is 5.16 Å². The van der Waals surface area contributed by atoms with Crippen LogP contribution in [0.3, 0.4) is 0 Å². The van der Waals surface area contributed by atoms with Gasteiger partial charge in [-0.1, -0.05) is 25.6 Å². The average Bonchev–Trinajstić information content (AvgIpc) is 2.58. The Balaban J connectivity index is 2.49. The molecule has 0 radical (unpaired) electrons. The van der Waals surface area contributed by atoms with Gasteiger partial charge in [0, 0.05) is 6.54 Å². The van der Waals surface area contributed by atoms with Crippen molar-refractivity contribution in [1.29, 1.82) is 0 Å². The number of aliphatic carboxylic acids is 1. The Morgan fingerprint density at radius 3 is 3.00 bits per heavy atom. The van der Waals surface area contributed by atoms with Crippen LogP contribution in [0.5, 0.6) is 0 Å². The van der Waals surface area contributed by atoms with E-state index in [4.69, 9.17) is 5.11 Å². The Labute approximate surface area is 92.9 Å². The molecule has 84 valence electrons. The molecule has 0 aromatic carbocycles. The number of rotatable bonds is 6. The van der Waals surface area contributed by atoms with Gasteiger partial charge in [0.25, 0.3) is 0 Å². The molecule has 0 aliphatic rings. The van der Waals surface area contributed by atoms with Crippen molar-refractivity contribution in [2.24, 2.45) is 5.92 Å². The first-order valence-electron chi connectivity index (χ1n) is 4.82. The molecule has 1 rings (SSSR count). The summed E-state index contributed by atoms with van der Waals surface area (Å²) < 4.78 is 1.90. The molecule has 0 bridgehead atoms. The molecular formula is C9H15N3O2S. The smallest absolute Gasteiger partial charge is 0.313 e. The molecule has 1 aromatic rings. The quantitative estimate of drug-likeness (QED) is 0.749. The van der Waals surface area contributed by atoms with Gasteiger partial charge in [-0.15, -0.1) is 10.2 Å². The number of aromatic nitrogens is 3. The number of hydrogen-bond donors (Lipinski definition) is 1. The molecule has 1 aromatic heterocycles. The van der Waals surface area contributed by atoms with Crippen molar-refractivity contribution in [3.05, 3.63) is 6.33 Å². The van der Waals surface area contributed by atoms with Crippen LogP contribution < -0.4 is 0 Å². The molecule has 0 saturated heterocycles. The van der Waals surface area contributed by atoms with Gasteiger partial charge < -0.3 is 9.67 Å². The lowest BCUT2D eigenvalue weighted by molar-refractivity contribution is -0.133. The molecule has 1 heterocycles. The first-order valence-corrected chi connectivity index (χ1v) is 5.80. The van der Waals surface area contributed by atoms with Crippen LogP contribution in [-0.2, 0) is 11.3 Å². The molecule has 0 spiro atoms. The number of hydrogen-bond acceptors (Lipinski definition) is 4. The molecule has 0 aliphatic carbocycles. The molecule has 0 amide bonds. The van der Waals surface area contributed by atoms with Crippen LogP contribution in [0.25, 0.3) is 0 Å². The van der Waals surface area contributed by atoms with Crippen LogP contribution >= 0.6 is 11.8 Å². The number of thioether (sulfide) groups is 1. The highest BCUT2D eigenvalue weighted by Gasteiger charge is 2.07. The predicted octanol–water partition coefficient (Wildman–Crippen LogP) is 1.50. The lowest BCUT2D eigenvalue weighted by Crippen LogP contribution is -2.04. The maximum absolute atomic E-state index is 10.4. The Hall–Kier alpha value is -1.04. The maximum atomic E-state index is 10.4. The monoisotopic (exact) mass is 229 g/mol. The van der Waals surface area contributed by atoms with Crippen molar-refractivity contribution in [2.75, 3.05) is 5.75 Å². The highest BCUT2D eigenvalue weighted by atomic mass is 32.2. The molecule has 0 saturated carbocycles. The summed E-state index contributed by atoms with van der Waals surface area (Å²) in [6.07, 6.45) is 2.69. The summed E-state index contributed by atoms with van der Waals surface area (Å²) in [6, 6.07) is 0. The van der Waals surface area contributed by atoms with E-state index in [1.807, 2.05) is 4.57 Å². The summed E-state index contributed by atoms with van der Waals surface area (Å²) in [5, 5.41) is 16.9. The standard InChI is InChI=1S/C9H15N3O2S/c1-7(2)3-4-12-6-10-11-9(12)15-5-8(13)14/h6-7H,3-5H2,1-2H3,(H,13,14). The zero-order chi connectivity index (χ0) is 11.3. The van der Waals surface area contributed by atoms with Gasteiger partial charge >= 0.3 is 5.97 Å². The van der Waals surface area contributed by atoms with Crippen molar-refractivity contribution < 1.29 is 9.90 Å². The number of carboxylic acid groups (broad SMARTS) is 1. The van der Waals surface area contributed by atoms with Gasteiger partial charge in [-0.3, -0.25) is 4.79 Å². The fraction of sp³-hybridized carbons (Fsp3) is 0.667. The summed E-state index contributed by atoms with van der Waals surface area (Å²) in [7, 11) is 0. The van der Waals surface area contributed by atoms with Crippen molar-refractivity contribution in [3.8, 4) is 0 Å². The highest BCUT2D eigenvalue weighted by Crippen LogP contribution is 2.15. The minimum atomic E-state index is -0.835. The van der Waals surface area contributed by atoms with Crippen molar-refractivity contribution in [1.82, 2.24) is 14.8 Å². The van der Waals surface area contributed by atoms with E-state index in [9.17, 15) is 4.79 Å². The predicted molar refractivity (Wildman–Crippen MR) is 57.8 cm³/mol. The van der Waals surface area contributed by atoms with Gasteiger partial charge in [0.2, 0.25) is 0 Å². The van der Waals surface area contributed by atoms with Crippen LogP contribution in [0.15, 0.2) is 11.5 Å². The Morgan fingerprint density at radius 1 is 1.67 bits per heavy atom. The van der Waals surface area contributed by atoms with E-state index in [1.165, 1.54) is 11.8 Å². The molecular weight excluding hydrogens is 214 g/mol. The lowest BCUT2D eigenvalue weighted by Gasteiger charge is -2.07. The zero-order valence-electron chi connectivity index (χ0n) is 8.88. The Kier molecular flexibility index (Phi) is 4.61. The van der Waals surface area contributed by atoms with Crippen LogP contribution in [0.1, 0.15) is 20.3 Å². The van der Waals surface area contributed by atoms with E-state index in [2.05, 4.69) is 24.0 Å². The molecule has 6 heteroatoms. The second kappa shape index (κ2) is 5.75. The van der Waals surface area contributed by atoms with E-state index in [0.717, 1.165) is 13.0 Å². The fourth-order valence-electron chi connectivity index (χ4n) is 1.03. The molecule has 0 atom stereocenters. The molecule has 0 aliphatic heterocycles. The first-order chi connectivity index (χ1) is 7.09. The van der Waals surface area contributed by atoms with Crippen LogP contribution in [0.2, 0.25) is 0 Å². The first kappa shape index (κ1) is 12.0. The average molecular weight is 229 g/mol. The van der Waals surface area contributed by atoms with Crippen LogP contribution in [0, 0.1) is 5.92 Å². The number of aryl methyl sites for hydroxylation is 1. The van der Waals surface area contributed by atoms with Crippen molar-refractivity contribution in [2.45, 2.75) is 32.0 Å². The van der Waals surface area contributed by atoms with Gasteiger partial charge in [-0.05, 0) is 12.3 Å². The molecule has 0 fully saturated rings. The van der Waals surface area contributed by atoms with E-state index in [1.54, 1.807) is 6.33 Å². The normalized spacial score (nSPS) is 10.9. The van der Waals surface area contributed by atoms with Gasteiger partial charge in [0.1, 0.15) is 6.33 Å². The summed E-state index contributed by atoms with van der Waals surface area (Å²) >= 11 is 1.20. The van der Waals surface area contributed by atoms with Gasteiger partial charge in [0.05, 0.1) is 5.75 Å². The zero-order valence-corrected chi connectivity index (χ0v) is 9.70. The third-order valence-corrected chi connectivity index (χ3v) is 2.82. The van der Waals surface area contributed by atoms with E-state index in [0.29, 0.717) is 11.1 Å². The van der Waals surface area contributed by atoms with E-state index in [-0.39, 0.29) is 5.75 Å². The summed E-state index contributed by atoms with van der Waals surface area (Å²) in [4.78, 5) is 10.4. The molecule has 1 N–H and O–H groups in total. The minimum Gasteiger partial charge on any atom is -0.481 e. The summed E-state index contributed by atoms with van der Waals surface area (Å²) in [5.41, 5.74) is 0. The summed E-state index contributed by atoms with van der Waals surface area (Å²) in [6.45, 7) is 5.13. The Morgan fingerprint density at radius 2 is 2.40 bits per heavy atom. The summed E-state index contributed by atoms with van der Waals surface area (Å²) in [5.74, 6) is -0.191. The third kappa shape index (κ3) is 4.33. The van der Waals surface area contributed by atoms with E-state index >= 15 is 0 Å². The molecule has 5 nitrogen and oxygen atoms in total. The number of carbonyl (C=O) groups is 1. The van der Waals surface area contributed by atoms with E-state index < -0.39 is 5.97 Å². The SMILES string of the molecule is CC(C)CCn1cnnc1SCC(=O)O. The maximum Gasteiger partial charge on any atom is 0.313 e. The van der Waals surface area contributed by atoms with Gasteiger partial charge in [-0.25, -0.2) is 0 Å². The lowest BCUT2D eigenvalue weighted by atomic mass is 10.1. The van der Waals surface area contributed by atoms with Gasteiger partial charge in [-0.2, -0.15) is 0 Å². The van der Waals surface area contributed by atoms with Crippen molar-refractivity contribution >= 4 is 17.7 Å². The van der Waals surface area contributed by atoms with Crippen molar-refractivity contribution in [3.63, 3.8) is 0 Å².